The first-order valence-corrected chi connectivity index (χ1v) is 7.61. The zero-order chi connectivity index (χ0) is 13.6. The number of benzene rings is 1. The molecule has 2 N–H and O–H groups in total. The van der Waals surface area contributed by atoms with E-state index >= 15 is 0 Å². The summed E-state index contributed by atoms with van der Waals surface area (Å²) in [4.78, 5) is 0. The van der Waals surface area contributed by atoms with E-state index < -0.39 is 0 Å². The molecular weight excluding hydrogens is 234 g/mol. The summed E-state index contributed by atoms with van der Waals surface area (Å²) in [5.74, 6) is 0. The molecule has 0 heterocycles. The maximum atomic E-state index is 6.43. The van der Waals surface area contributed by atoms with Crippen molar-refractivity contribution < 1.29 is 4.74 Å². The lowest BCUT2D eigenvalue weighted by Gasteiger charge is -2.41. The molecule has 1 saturated carbocycles. The van der Waals surface area contributed by atoms with Crippen molar-refractivity contribution in [2.45, 2.75) is 63.0 Å². The summed E-state index contributed by atoms with van der Waals surface area (Å²) in [6.45, 7) is 0. The molecule has 1 aromatic rings. The third-order valence-corrected chi connectivity index (χ3v) is 4.61. The van der Waals surface area contributed by atoms with Crippen molar-refractivity contribution in [3.63, 3.8) is 0 Å². The molecule has 1 fully saturated rings. The van der Waals surface area contributed by atoms with Crippen molar-refractivity contribution in [3.05, 3.63) is 35.9 Å². The van der Waals surface area contributed by atoms with E-state index in [1.807, 2.05) is 7.11 Å². The fourth-order valence-electron chi connectivity index (χ4n) is 3.31. The molecule has 0 aromatic heterocycles. The van der Waals surface area contributed by atoms with E-state index in [0.29, 0.717) is 0 Å². The van der Waals surface area contributed by atoms with Gasteiger partial charge in [-0.25, -0.2) is 0 Å². The van der Waals surface area contributed by atoms with Crippen LogP contribution in [-0.4, -0.2) is 18.8 Å². The van der Waals surface area contributed by atoms with Gasteiger partial charge in [0.15, 0.2) is 0 Å². The molecule has 2 rings (SSSR count). The Labute approximate surface area is 117 Å². The second kappa shape index (κ2) is 7.06. The van der Waals surface area contributed by atoms with Gasteiger partial charge < -0.3 is 10.5 Å². The third kappa shape index (κ3) is 3.80. The van der Waals surface area contributed by atoms with Gasteiger partial charge in [-0.1, -0.05) is 49.6 Å². The summed E-state index contributed by atoms with van der Waals surface area (Å²) in [6, 6.07) is 10.8. The third-order valence-electron chi connectivity index (χ3n) is 4.61. The van der Waals surface area contributed by atoms with Crippen LogP contribution in [0.3, 0.4) is 0 Å². The summed E-state index contributed by atoms with van der Waals surface area (Å²) >= 11 is 0. The van der Waals surface area contributed by atoms with Gasteiger partial charge in [-0.05, 0) is 37.7 Å². The maximum Gasteiger partial charge on any atom is 0.0828 e. The summed E-state index contributed by atoms with van der Waals surface area (Å²) in [5.41, 5.74) is 7.79. The zero-order valence-corrected chi connectivity index (χ0v) is 12.1. The van der Waals surface area contributed by atoms with Crippen LogP contribution in [0, 0.1) is 0 Å². The summed E-state index contributed by atoms with van der Waals surface area (Å²) < 4.78 is 5.82. The zero-order valence-electron chi connectivity index (χ0n) is 12.1. The van der Waals surface area contributed by atoms with Crippen LogP contribution in [0.25, 0.3) is 0 Å². The average Bonchev–Trinajstić information content (AvgIpc) is 2.49. The molecule has 2 heteroatoms. The second-order valence-corrected chi connectivity index (χ2v) is 5.81. The van der Waals surface area contributed by atoms with Crippen LogP contribution in [-0.2, 0) is 11.2 Å². The lowest BCUT2D eigenvalue weighted by Crippen LogP contribution is -2.50. The van der Waals surface area contributed by atoms with Crippen LogP contribution in [0.5, 0.6) is 0 Å². The van der Waals surface area contributed by atoms with Crippen LogP contribution >= 0.6 is 0 Å². The van der Waals surface area contributed by atoms with Gasteiger partial charge in [0.2, 0.25) is 0 Å². The van der Waals surface area contributed by atoms with Gasteiger partial charge in [-0.15, -0.1) is 0 Å². The SMILES string of the molecule is COC1(C(N)CCCc2ccccc2)CCCCC1. The highest BCUT2D eigenvalue weighted by Gasteiger charge is 2.37. The Morgan fingerprint density at radius 3 is 2.47 bits per heavy atom. The molecule has 106 valence electrons. The minimum Gasteiger partial charge on any atom is -0.377 e. The van der Waals surface area contributed by atoms with Crippen molar-refractivity contribution >= 4 is 0 Å². The average molecular weight is 261 g/mol. The molecule has 1 aliphatic rings. The molecule has 1 aliphatic carbocycles. The summed E-state index contributed by atoms with van der Waals surface area (Å²) in [5, 5.41) is 0. The Morgan fingerprint density at radius 1 is 1.16 bits per heavy atom. The van der Waals surface area contributed by atoms with Crippen LogP contribution < -0.4 is 5.73 Å². The number of nitrogens with two attached hydrogens (primary N) is 1. The van der Waals surface area contributed by atoms with Crippen molar-refractivity contribution in [2.24, 2.45) is 5.73 Å². The standard InChI is InChI=1S/C17H27NO/c1-19-17(13-6-3-7-14-17)16(18)12-8-11-15-9-4-2-5-10-15/h2,4-5,9-10,16H,3,6-8,11-14,18H2,1H3. The smallest absolute Gasteiger partial charge is 0.0828 e. The van der Waals surface area contributed by atoms with Gasteiger partial charge in [0, 0.05) is 13.2 Å². The number of ether oxygens (including phenoxy) is 1. The van der Waals surface area contributed by atoms with Crippen molar-refractivity contribution in [2.75, 3.05) is 7.11 Å². The van der Waals surface area contributed by atoms with Crippen LogP contribution in [0.15, 0.2) is 30.3 Å². The molecule has 0 radical (unpaired) electrons. The fraction of sp³-hybridized carbons (Fsp3) is 0.647. The fourth-order valence-corrected chi connectivity index (χ4v) is 3.31. The molecule has 0 aliphatic heterocycles. The molecule has 1 atom stereocenters. The highest BCUT2D eigenvalue weighted by molar-refractivity contribution is 5.14. The topological polar surface area (TPSA) is 35.2 Å². The Balaban J connectivity index is 1.81. The molecule has 1 aromatic carbocycles. The van der Waals surface area contributed by atoms with Gasteiger partial charge in [0.25, 0.3) is 0 Å². The normalized spacial score (nSPS) is 20.1. The van der Waals surface area contributed by atoms with Crippen molar-refractivity contribution in [1.29, 1.82) is 0 Å². The largest absolute Gasteiger partial charge is 0.377 e. The van der Waals surface area contributed by atoms with E-state index in [2.05, 4.69) is 30.3 Å². The van der Waals surface area contributed by atoms with Gasteiger partial charge in [-0.2, -0.15) is 0 Å². The number of hydrogen-bond acceptors (Lipinski definition) is 2. The minimum atomic E-state index is -0.0467. The second-order valence-electron chi connectivity index (χ2n) is 5.81. The number of aryl methyl sites for hydroxylation is 1. The number of methoxy groups -OCH3 is 1. The minimum absolute atomic E-state index is 0.0467. The molecule has 0 bridgehead atoms. The van der Waals surface area contributed by atoms with Crippen LogP contribution in [0.1, 0.15) is 50.5 Å². The summed E-state index contributed by atoms with van der Waals surface area (Å²) in [7, 11) is 1.84. The molecule has 2 nitrogen and oxygen atoms in total. The van der Waals surface area contributed by atoms with Crippen LogP contribution in [0.2, 0.25) is 0 Å². The molecule has 0 amide bonds. The Hall–Kier alpha value is -0.860. The first kappa shape index (κ1) is 14.5. The molecule has 0 spiro atoms. The number of hydrogen-bond donors (Lipinski definition) is 1. The highest BCUT2D eigenvalue weighted by atomic mass is 16.5. The van der Waals surface area contributed by atoms with E-state index in [1.54, 1.807) is 0 Å². The van der Waals surface area contributed by atoms with E-state index in [0.717, 1.165) is 32.1 Å². The monoisotopic (exact) mass is 261 g/mol. The molecule has 0 saturated heterocycles. The quantitative estimate of drug-likeness (QED) is 0.847. The van der Waals surface area contributed by atoms with Gasteiger partial charge in [0.1, 0.15) is 0 Å². The first-order valence-electron chi connectivity index (χ1n) is 7.61. The maximum absolute atomic E-state index is 6.43. The van der Waals surface area contributed by atoms with Crippen molar-refractivity contribution in [1.82, 2.24) is 0 Å². The van der Waals surface area contributed by atoms with E-state index in [9.17, 15) is 0 Å². The molecular formula is C17H27NO. The Kier molecular flexibility index (Phi) is 5.41. The number of rotatable bonds is 6. The van der Waals surface area contributed by atoms with Gasteiger partial charge >= 0.3 is 0 Å². The Morgan fingerprint density at radius 2 is 1.84 bits per heavy atom. The summed E-state index contributed by atoms with van der Waals surface area (Å²) in [6.07, 6.45) is 9.46. The predicted octanol–water partition coefficient (Wildman–Crippen LogP) is 3.69. The van der Waals surface area contributed by atoms with E-state index in [-0.39, 0.29) is 11.6 Å². The Bertz CT molecular complexity index is 357. The van der Waals surface area contributed by atoms with Crippen molar-refractivity contribution in [3.8, 4) is 0 Å². The predicted molar refractivity (Wildman–Crippen MR) is 80.2 cm³/mol. The highest BCUT2D eigenvalue weighted by Crippen LogP contribution is 2.34. The molecule has 1 unspecified atom stereocenters. The lowest BCUT2D eigenvalue weighted by molar-refractivity contribution is -0.0604. The van der Waals surface area contributed by atoms with E-state index in [4.69, 9.17) is 10.5 Å². The van der Waals surface area contributed by atoms with Gasteiger partial charge in [0.05, 0.1) is 5.60 Å². The molecule has 19 heavy (non-hydrogen) atoms. The van der Waals surface area contributed by atoms with E-state index in [1.165, 1.54) is 24.8 Å². The van der Waals surface area contributed by atoms with Gasteiger partial charge in [-0.3, -0.25) is 0 Å². The first-order chi connectivity index (χ1) is 9.27. The lowest BCUT2D eigenvalue weighted by atomic mass is 9.78. The van der Waals surface area contributed by atoms with Crippen LogP contribution in [0.4, 0.5) is 0 Å².